The van der Waals surface area contributed by atoms with Crippen molar-refractivity contribution in [1.82, 2.24) is 21.3 Å². The van der Waals surface area contributed by atoms with Crippen molar-refractivity contribution in [3.8, 4) is 5.75 Å². The molecule has 0 aromatic heterocycles. The van der Waals surface area contributed by atoms with Crippen LogP contribution >= 0.6 is 0 Å². The zero-order chi connectivity index (χ0) is 42.1. The second-order valence-electron chi connectivity index (χ2n) is 16.6. The second kappa shape index (κ2) is 19.0. The SMILES string of the molecule is Cc1c(C)c(S(=O)(=O)/N=C(/N)NCCC[C@H](NC(=O)CC(=O)OC(C)(C)C)C(=O)NCC(C)(C)CNCC(=O)OCc2ccccc2)c(C)c2c1OC(C)(C)C2. The van der Waals surface area contributed by atoms with Gasteiger partial charge in [0.15, 0.2) is 0 Å². The summed E-state index contributed by atoms with van der Waals surface area (Å²) in [4.78, 5) is 50.9. The number of ether oxygens (including phenoxy) is 3. The van der Waals surface area contributed by atoms with Crippen molar-refractivity contribution in [1.29, 1.82) is 0 Å². The van der Waals surface area contributed by atoms with E-state index in [0.29, 0.717) is 29.8 Å². The third kappa shape index (κ3) is 14.1. The van der Waals surface area contributed by atoms with Gasteiger partial charge in [-0.15, -0.1) is 4.40 Å². The van der Waals surface area contributed by atoms with E-state index in [1.807, 2.05) is 65.0 Å². The lowest BCUT2D eigenvalue weighted by Crippen LogP contribution is -2.50. The molecule has 2 aromatic rings. The van der Waals surface area contributed by atoms with Gasteiger partial charge in [-0.05, 0) is 95.9 Å². The zero-order valence-corrected chi connectivity index (χ0v) is 35.3. The van der Waals surface area contributed by atoms with Gasteiger partial charge in [0, 0.05) is 31.6 Å². The lowest BCUT2D eigenvalue weighted by Gasteiger charge is -2.27. The van der Waals surface area contributed by atoms with E-state index in [1.54, 1.807) is 34.6 Å². The normalized spacial score (nSPS) is 14.6. The number of guanidine groups is 1. The number of fused-ring (bicyclic) bond motifs is 1. The number of sulfonamides is 1. The Kier molecular flexibility index (Phi) is 15.5. The van der Waals surface area contributed by atoms with E-state index in [2.05, 4.69) is 25.7 Å². The number of amides is 2. The average molecular weight is 801 g/mol. The largest absolute Gasteiger partial charge is 0.487 e. The van der Waals surface area contributed by atoms with Crippen LogP contribution < -0.4 is 31.7 Å². The molecule has 1 aliphatic heterocycles. The monoisotopic (exact) mass is 800 g/mol. The fraction of sp³-hybridized carbons (Fsp3) is 0.575. The van der Waals surface area contributed by atoms with Crippen LogP contribution in [0.3, 0.4) is 0 Å². The zero-order valence-electron chi connectivity index (χ0n) is 34.4. The van der Waals surface area contributed by atoms with E-state index >= 15 is 0 Å². The molecule has 56 heavy (non-hydrogen) atoms. The third-order valence-electron chi connectivity index (χ3n) is 8.98. The van der Waals surface area contributed by atoms with Crippen molar-refractivity contribution in [2.24, 2.45) is 15.5 Å². The van der Waals surface area contributed by atoms with Crippen LogP contribution in [0.2, 0.25) is 0 Å². The molecule has 0 saturated carbocycles. The summed E-state index contributed by atoms with van der Waals surface area (Å²) in [5.41, 5.74) is 7.83. The molecule has 2 amide bonds. The molecule has 0 aliphatic carbocycles. The van der Waals surface area contributed by atoms with Crippen molar-refractivity contribution >= 4 is 39.7 Å². The minimum absolute atomic E-state index is 0.0201. The Bertz CT molecular complexity index is 1890. The number of carbonyl (C=O) groups excluding carboxylic acids is 4. The Balaban J connectivity index is 1.60. The van der Waals surface area contributed by atoms with E-state index < -0.39 is 62.9 Å². The highest BCUT2D eigenvalue weighted by Crippen LogP contribution is 2.44. The molecule has 1 heterocycles. The molecule has 15 nitrogen and oxygen atoms in total. The van der Waals surface area contributed by atoms with Crippen LogP contribution in [0.25, 0.3) is 0 Å². The molecule has 1 atom stereocenters. The minimum atomic E-state index is -4.21. The molecule has 0 bridgehead atoms. The summed E-state index contributed by atoms with van der Waals surface area (Å²) in [6.45, 7) is 18.8. The maximum atomic E-state index is 13.5. The Morgan fingerprint density at radius 3 is 2.25 bits per heavy atom. The van der Waals surface area contributed by atoms with Gasteiger partial charge in [-0.25, -0.2) is 0 Å². The highest BCUT2D eigenvalue weighted by molar-refractivity contribution is 7.90. The van der Waals surface area contributed by atoms with Gasteiger partial charge in [0.2, 0.25) is 17.8 Å². The van der Waals surface area contributed by atoms with Gasteiger partial charge in [-0.1, -0.05) is 44.2 Å². The lowest BCUT2D eigenvalue weighted by molar-refractivity contribution is -0.156. The number of carbonyl (C=O) groups is 4. The molecular weight excluding hydrogens is 741 g/mol. The van der Waals surface area contributed by atoms with Crippen molar-refractivity contribution < 1.29 is 41.8 Å². The molecule has 0 unspecified atom stereocenters. The molecule has 0 spiro atoms. The van der Waals surface area contributed by atoms with Gasteiger partial charge >= 0.3 is 11.9 Å². The smallest absolute Gasteiger partial charge is 0.320 e. The summed E-state index contributed by atoms with van der Waals surface area (Å²) in [6.07, 6.45) is 0.346. The van der Waals surface area contributed by atoms with Gasteiger partial charge in [0.05, 0.1) is 11.4 Å². The molecule has 0 radical (unpaired) electrons. The van der Waals surface area contributed by atoms with Crippen LogP contribution in [-0.2, 0) is 51.7 Å². The number of hydrogen-bond acceptors (Lipinski definition) is 10. The van der Waals surface area contributed by atoms with Crippen LogP contribution in [-0.4, -0.2) is 81.6 Å². The molecule has 16 heteroatoms. The van der Waals surface area contributed by atoms with Crippen LogP contribution in [0.5, 0.6) is 5.75 Å². The number of nitrogens with zero attached hydrogens (tertiary/aromatic N) is 1. The summed E-state index contributed by atoms with van der Waals surface area (Å²) < 4.78 is 47.6. The van der Waals surface area contributed by atoms with Crippen LogP contribution in [0.15, 0.2) is 39.6 Å². The fourth-order valence-corrected chi connectivity index (χ4v) is 7.65. The average Bonchev–Trinajstić information content (AvgIpc) is 3.41. The highest BCUT2D eigenvalue weighted by Gasteiger charge is 2.37. The van der Waals surface area contributed by atoms with E-state index in [0.717, 1.165) is 16.7 Å². The molecular formula is C40H60N6O9S. The van der Waals surface area contributed by atoms with Crippen molar-refractivity contribution in [3.05, 3.63) is 58.1 Å². The first-order valence-electron chi connectivity index (χ1n) is 18.7. The summed E-state index contributed by atoms with van der Waals surface area (Å²) >= 11 is 0. The predicted octanol–water partition coefficient (Wildman–Crippen LogP) is 3.39. The Hall–Kier alpha value is -4.70. The summed E-state index contributed by atoms with van der Waals surface area (Å²) in [7, 11) is -4.21. The number of nitrogens with two attached hydrogens (primary N) is 1. The number of rotatable bonds is 18. The van der Waals surface area contributed by atoms with E-state index in [-0.39, 0.29) is 49.9 Å². The van der Waals surface area contributed by atoms with Crippen LogP contribution in [0.1, 0.15) is 95.5 Å². The van der Waals surface area contributed by atoms with Gasteiger partial charge in [-0.2, -0.15) is 8.42 Å². The number of nitrogens with one attached hydrogen (secondary N) is 4. The van der Waals surface area contributed by atoms with E-state index in [9.17, 15) is 27.6 Å². The van der Waals surface area contributed by atoms with Crippen molar-refractivity contribution in [3.63, 3.8) is 0 Å². The highest BCUT2D eigenvalue weighted by atomic mass is 32.2. The maximum Gasteiger partial charge on any atom is 0.320 e. The summed E-state index contributed by atoms with van der Waals surface area (Å²) in [6, 6.07) is 8.29. The van der Waals surface area contributed by atoms with Crippen molar-refractivity contribution in [2.75, 3.05) is 26.2 Å². The molecule has 0 fully saturated rings. The summed E-state index contributed by atoms with van der Waals surface area (Å²) in [5, 5.41) is 11.3. The van der Waals surface area contributed by atoms with Gasteiger partial charge < -0.3 is 41.2 Å². The topological polar surface area (TPSA) is 217 Å². The fourth-order valence-electron chi connectivity index (χ4n) is 6.19. The molecule has 3 rings (SSSR count). The Morgan fingerprint density at radius 2 is 1.61 bits per heavy atom. The molecule has 0 saturated heterocycles. The maximum absolute atomic E-state index is 13.5. The quantitative estimate of drug-likeness (QED) is 0.0482. The van der Waals surface area contributed by atoms with Crippen LogP contribution in [0, 0.1) is 26.2 Å². The minimum Gasteiger partial charge on any atom is -0.487 e. The van der Waals surface area contributed by atoms with Gasteiger partial charge in [0.25, 0.3) is 10.0 Å². The van der Waals surface area contributed by atoms with E-state index in [1.165, 1.54) is 0 Å². The Morgan fingerprint density at radius 1 is 0.946 bits per heavy atom. The van der Waals surface area contributed by atoms with E-state index in [4.69, 9.17) is 19.9 Å². The molecule has 6 N–H and O–H groups in total. The van der Waals surface area contributed by atoms with Gasteiger partial charge in [0.1, 0.15) is 36.0 Å². The second-order valence-corrected chi connectivity index (χ2v) is 18.1. The van der Waals surface area contributed by atoms with Crippen molar-refractivity contribution in [2.45, 2.75) is 124 Å². The standard InChI is InChI=1S/C40H60N6O9S/c1-25-26(2)35(27(3)29-20-40(9,10)55-34(25)29)56(51,52)46-37(41)43-18-14-17-30(45-31(47)19-32(48)54-38(4,5)6)36(50)44-24-39(7,8)23-42-21-33(49)53-22-28-15-12-11-13-16-28/h11-13,15-16,30,42H,14,17-24H2,1-10H3,(H,44,50)(H,45,47)(H3,41,43,46)/t30-/m0/s1. The molecule has 1 aliphatic rings. The predicted molar refractivity (Wildman–Crippen MR) is 213 cm³/mol. The Labute approximate surface area is 331 Å². The number of hydrogen-bond donors (Lipinski definition) is 5. The molecule has 2 aromatic carbocycles. The van der Waals surface area contributed by atoms with Gasteiger partial charge in [-0.3, -0.25) is 19.2 Å². The van der Waals surface area contributed by atoms with Crippen LogP contribution in [0.4, 0.5) is 0 Å². The first kappa shape index (κ1) is 45.7. The number of benzene rings is 2. The summed E-state index contributed by atoms with van der Waals surface area (Å²) in [5.74, 6) is -1.97. The first-order chi connectivity index (χ1) is 25.9. The first-order valence-corrected chi connectivity index (χ1v) is 20.2. The number of esters is 2. The lowest BCUT2D eigenvalue weighted by atomic mass is 9.93. The molecule has 310 valence electrons. The third-order valence-corrected chi connectivity index (χ3v) is 10.5.